The van der Waals surface area contributed by atoms with Crippen LogP contribution >= 0.6 is 0 Å². The summed E-state index contributed by atoms with van der Waals surface area (Å²) in [6.45, 7) is 6.13. The molecule has 102 valence electrons. The average Bonchev–Trinajstić information content (AvgIpc) is 3.07. The van der Waals surface area contributed by atoms with Gasteiger partial charge in [-0.2, -0.15) is 0 Å². The molecule has 2 aliphatic rings. The van der Waals surface area contributed by atoms with Crippen LogP contribution < -0.4 is 5.32 Å². The first kappa shape index (κ1) is 13.5. The quantitative estimate of drug-likeness (QED) is 0.532. The molecule has 18 heavy (non-hydrogen) atoms. The second kappa shape index (κ2) is 5.80. The van der Waals surface area contributed by atoms with E-state index in [4.69, 9.17) is 4.74 Å². The van der Waals surface area contributed by atoms with Crippen molar-refractivity contribution in [2.24, 2.45) is 5.92 Å². The minimum absolute atomic E-state index is 0.0249. The SMILES string of the molecule is CC(C)COCCNC1CC(=O)N(C2CC2)C1=O. The van der Waals surface area contributed by atoms with E-state index in [1.54, 1.807) is 0 Å². The molecular weight excluding hydrogens is 232 g/mol. The van der Waals surface area contributed by atoms with E-state index in [1.807, 2.05) is 0 Å². The van der Waals surface area contributed by atoms with Crippen molar-refractivity contribution in [2.45, 2.75) is 45.2 Å². The van der Waals surface area contributed by atoms with Gasteiger partial charge in [0.1, 0.15) is 0 Å². The lowest BCUT2D eigenvalue weighted by Crippen LogP contribution is -2.40. The number of carbonyl (C=O) groups is 2. The minimum Gasteiger partial charge on any atom is -0.380 e. The molecule has 2 fully saturated rings. The van der Waals surface area contributed by atoms with Gasteiger partial charge >= 0.3 is 0 Å². The highest BCUT2D eigenvalue weighted by molar-refractivity contribution is 6.06. The Hall–Kier alpha value is -0.940. The van der Waals surface area contributed by atoms with Crippen molar-refractivity contribution in [3.8, 4) is 0 Å². The van der Waals surface area contributed by atoms with Crippen LogP contribution in [0.25, 0.3) is 0 Å². The van der Waals surface area contributed by atoms with Crippen LogP contribution in [0.2, 0.25) is 0 Å². The third-order valence-electron chi connectivity index (χ3n) is 3.18. The summed E-state index contributed by atoms with van der Waals surface area (Å²) in [4.78, 5) is 25.1. The summed E-state index contributed by atoms with van der Waals surface area (Å²) in [5.74, 6) is 0.444. The van der Waals surface area contributed by atoms with Crippen molar-refractivity contribution in [3.63, 3.8) is 0 Å². The number of nitrogens with zero attached hydrogens (tertiary/aromatic N) is 1. The number of ether oxygens (including phenoxy) is 1. The molecule has 0 aromatic carbocycles. The van der Waals surface area contributed by atoms with Gasteiger partial charge in [0.25, 0.3) is 0 Å². The lowest BCUT2D eigenvalue weighted by atomic mass is 10.2. The van der Waals surface area contributed by atoms with Gasteiger partial charge in [0, 0.05) is 19.2 Å². The van der Waals surface area contributed by atoms with Crippen molar-refractivity contribution in [2.75, 3.05) is 19.8 Å². The van der Waals surface area contributed by atoms with Crippen LogP contribution in [0.4, 0.5) is 0 Å². The predicted molar refractivity (Wildman–Crippen MR) is 66.9 cm³/mol. The molecule has 1 heterocycles. The molecule has 0 bridgehead atoms. The van der Waals surface area contributed by atoms with Crippen LogP contribution in [0.3, 0.4) is 0 Å². The third kappa shape index (κ3) is 3.29. The Morgan fingerprint density at radius 2 is 2.11 bits per heavy atom. The molecule has 1 unspecified atom stereocenters. The van der Waals surface area contributed by atoms with Crippen LogP contribution in [0.15, 0.2) is 0 Å². The average molecular weight is 254 g/mol. The Bertz CT molecular complexity index is 326. The third-order valence-corrected chi connectivity index (χ3v) is 3.18. The van der Waals surface area contributed by atoms with Crippen LogP contribution in [-0.2, 0) is 14.3 Å². The second-order valence-electron chi connectivity index (χ2n) is 5.51. The van der Waals surface area contributed by atoms with Crippen molar-refractivity contribution in [3.05, 3.63) is 0 Å². The van der Waals surface area contributed by atoms with Crippen LogP contribution in [0, 0.1) is 5.92 Å². The maximum atomic E-state index is 12.0. The number of hydrogen-bond donors (Lipinski definition) is 1. The zero-order chi connectivity index (χ0) is 13.1. The second-order valence-corrected chi connectivity index (χ2v) is 5.51. The van der Waals surface area contributed by atoms with E-state index >= 15 is 0 Å². The Kier molecular flexibility index (Phi) is 4.35. The Balaban J connectivity index is 1.67. The first-order valence-corrected chi connectivity index (χ1v) is 6.76. The van der Waals surface area contributed by atoms with Gasteiger partial charge in [-0.05, 0) is 18.8 Å². The zero-order valence-corrected chi connectivity index (χ0v) is 11.1. The molecule has 0 aromatic rings. The van der Waals surface area contributed by atoms with E-state index in [2.05, 4.69) is 19.2 Å². The lowest BCUT2D eigenvalue weighted by Gasteiger charge is -2.14. The maximum absolute atomic E-state index is 12.0. The van der Waals surface area contributed by atoms with Crippen molar-refractivity contribution in [1.82, 2.24) is 10.2 Å². The van der Waals surface area contributed by atoms with Crippen molar-refractivity contribution >= 4 is 11.8 Å². The van der Waals surface area contributed by atoms with Crippen LogP contribution in [0.5, 0.6) is 0 Å². The van der Waals surface area contributed by atoms with Gasteiger partial charge in [-0.25, -0.2) is 0 Å². The maximum Gasteiger partial charge on any atom is 0.247 e. The number of nitrogens with one attached hydrogen (secondary N) is 1. The summed E-state index contributed by atoms with van der Waals surface area (Å²) in [6.07, 6.45) is 2.25. The van der Waals surface area contributed by atoms with Gasteiger partial charge in [-0.3, -0.25) is 14.5 Å². The predicted octanol–water partition coefficient (Wildman–Crippen LogP) is 0.539. The first-order chi connectivity index (χ1) is 8.59. The van der Waals surface area contributed by atoms with E-state index in [0.29, 0.717) is 25.5 Å². The molecule has 2 amide bonds. The van der Waals surface area contributed by atoms with E-state index in [-0.39, 0.29) is 23.9 Å². The van der Waals surface area contributed by atoms with E-state index in [0.717, 1.165) is 19.4 Å². The van der Waals surface area contributed by atoms with Crippen molar-refractivity contribution < 1.29 is 14.3 Å². The van der Waals surface area contributed by atoms with Gasteiger partial charge in [-0.15, -0.1) is 0 Å². The van der Waals surface area contributed by atoms with Crippen LogP contribution in [-0.4, -0.2) is 48.6 Å². The molecule has 5 heteroatoms. The molecule has 1 N–H and O–H groups in total. The molecular formula is C13H22N2O3. The van der Waals surface area contributed by atoms with Gasteiger partial charge in [0.05, 0.1) is 19.1 Å². The van der Waals surface area contributed by atoms with E-state index < -0.39 is 0 Å². The molecule has 1 aliphatic heterocycles. The number of rotatable bonds is 7. The fourth-order valence-electron chi connectivity index (χ4n) is 2.15. The smallest absolute Gasteiger partial charge is 0.247 e. The van der Waals surface area contributed by atoms with Gasteiger partial charge in [-0.1, -0.05) is 13.8 Å². The summed E-state index contributed by atoms with van der Waals surface area (Å²) < 4.78 is 5.43. The molecule has 1 atom stereocenters. The number of amides is 2. The molecule has 0 aromatic heterocycles. The summed E-state index contributed by atoms with van der Waals surface area (Å²) in [5, 5.41) is 3.11. The lowest BCUT2D eigenvalue weighted by molar-refractivity contribution is -0.139. The number of imide groups is 1. The molecule has 0 spiro atoms. The molecule has 2 rings (SSSR count). The van der Waals surface area contributed by atoms with E-state index in [1.165, 1.54) is 4.90 Å². The number of hydrogen-bond acceptors (Lipinski definition) is 4. The highest BCUT2D eigenvalue weighted by Gasteiger charge is 2.45. The molecule has 1 saturated heterocycles. The minimum atomic E-state index is -0.333. The molecule has 0 radical (unpaired) electrons. The number of likely N-dealkylation sites (tertiary alicyclic amines) is 1. The van der Waals surface area contributed by atoms with Gasteiger partial charge in [0.15, 0.2) is 0 Å². The Morgan fingerprint density at radius 3 is 2.72 bits per heavy atom. The zero-order valence-electron chi connectivity index (χ0n) is 11.1. The highest BCUT2D eigenvalue weighted by atomic mass is 16.5. The van der Waals surface area contributed by atoms with Crippen LogP contribution in [0.1, 0.15) is 33.1 Å². The summed E-state index contributed by atoms with van der Waals surface area (Å²) in [6, 6.07) is -0.144. The van der Waals surface area contributed by atoms with Gasteiger partial charge < -0.3 is 10.1 Å². The summed E-state index contributed by atoms with van der Waals surface area (Å²) in [7, 11) is 0. The molecule has 1 aliphatic carbocycles. The van der Waals surface area contributed by atoms with E-state index in [9.17, 15) is 9.59 Å². The number of carbonyl (C=O) groups excluding carboxylic acids is 2. The molecule has 5 nitrogen and oxygen atoms in total. The monoisotopic (exact) mass is 254 g/mol. The Morgan fingerprint density at radius 1 is 1.39 bits per heavy atom. The summed E-state index contributed by atoms with van der Waals surface area (Å²) in [5.41, 5.74) is 0. The highest BCUT2D eigenvalue weighted by Crippen LogP contribution is 2.31. The normalized spacial score (nSPS) is 24.4. The largest absolute Gasteiger partial charge is 0.380 e. The fraction of sp³-hybridized carbons (Fsp3) is 0.846. The first-order valence-electron chi connectivity index (χ1n) is 6.76. The fourth-order valence-corrected chi connectivity index (χ4v) is 2.15. The Labute approximate surface area is 108 Å². The standard InChI is InChI=1S/C13H22N2O3/c1-9(2)8-18-6-5-14-11-7-12(16)15(13(11)17)10-3-4-10/h9-11,14H,3-8H2,1-2H3. The van der Waals surface area contributed by atoms with Gasteiger partial charge in [0.2, 0.25) is 11.8 Å². The summed E-state index contributed by atoms with van der Waals surface area (Å²) >= 11 is 0. The molecule has 1 saturated carbocycles. The topological polar surface area (TPSA) is 58.6 Å². The van der Waals surface area contributed by atoms with Crippen molar-refractivity contribution in [1.29, 1.82) is 0 Å².